The Balaban J connectivity index is 2.06. The number of benzene rings is 1. The first kappa shape index (κ1) is 17.0. The summed E-state index contributed by atoms with van der Waals surface area (Å²) in [5, 5.41) is 3.71. The summed E-state index contributed by atoms with van der Waals surface area (Å²) in [4.78, 5) is 0. The first-order valence-corrected chi connectivity index (χ1v) is 9.06. The van der Waals surface area contributed by atoms with E-state index in [1.165, 1.54) is 31.7 Å². The molecule has 2 rings (SSSR count). The summed E-state index contributed by atoms with van der Waals surface area (Å²) in [6.45, 7) is 5.60. The Labute approximate surface area is 136 Å². The second-order valence-corrected chi connectivity index (χ2v) is 7.37. The molecule has 1 fully saturated rings. The molecule has 0 aliphatic heterocycles. The summed E-state index contributed by atoms with van der Waals surface area (Å²) >= 11 is 3.57. The minimum Gasteiger partial charge on any atom is -0.313 e. The largest absolute Gasteiger partial charge is 0.313 e. The number of halogens is 2. The van der Waals surface area contributed by atoms with Gasteiger partial charge in [-0.1, -0.05) is 42.6 Å². The van der Waals surface area contributed by atoms with E-state index in [4.69, 9.17) is 0 Å². The molecule has 1 aliphatic rings. The molecule has 1 aliphatic carbocycles. The van der Waals surface area contributed by atoms with Crippen molar-refractivity contribution in [3.05, 3.63) is 34.1 Å². The van der Waals surface area contributed by atoms with Gasteiger partial charge in [0.15, 0.2) is 0 Å². The monoisotopic (exact) mass is 355 g/mol. The maximum absolute atomic E-state index is 13.5. The molecule has 0 amide bonds. The fraction of sp³-hybridized carbons (Fsp3) is 0.667. The van der Waals surface area contributed by atoms with Gasteiger partial charge in [0.1, 0.15) is 5.82 Å². The van der Waals surface area contributed by atoms with Gasteiger partial charge in [0, 0.05) is 10.5 Å². The van der Waals surface area contributed by atoms with Crippen LogP contribution in [0.3, 0.4) is 0 Å². The molecule has 1 N–H and O–H groups in total. The van der Waals surface area contributed by atoms with Gasteiger partial charge in [-0.15, -0.1) is 0 Å². The van der Waals surface area contributed by atoms with E-state index in [1.807, 2.05) is 6.07 Å². The van der Waals surface area contributed by atoms with Crippen LogP contribution in [-0.4, -0.2) is 12.6 Å². The van der Waals surface area contributed by atoms with Crippen molar-refractivity contribution in [2.45, 2.75) is 58.4 Å². The topological polar surface area (TPSA) is 12.0 Å². The summed E-state index contributed by atoms with van der Waals surface area (Å²) in [5.74, 6) is 1.46. The minimum absolute atomic E-state index is 0.139. The van der Waals surface area contributed by atoms with Crippen LogP contribution in [0.15, 0.2) is 22.7 Å². The number of nitrogens with one attached hydrogen (secondary N) is 1. The van der Waals surface area contributed by atoms with Gasteiger partial charge in [0.25, 0.3) is 0 Å². The van der Waals surface area contributed by atoms with Crippen LogP contribution in [0.25, 0.3) is 0 Å². The molecule has 0 bridgehead atoms. The Kier molecular flexibility index (Phi) is 6.69. The second kappa shape index (κ2) is 8.28. The van der Waals surface area contributed by atoms with Crippen LogP contribution in [0.5, 0.6) is 0 Å². The molecule has 21 heavy (non-hydrogen) atoms. The van der Waals surface area contributed by atoms with E-state index in [-0.39, 0.29) is 5.82 Å². The Hall–Kier alpha value is -0.410. The lowest BCUT2D eigenvalue weighted by Crippen LogP contribution is -2.40. The van der Waals surface area contributed by atoms with Gasteiger partial charge in [0.05, 0.1) is 0 Å². The van der Waals surface area contributed by atoms with Crippen molar-refractivity contribution >= 4 is 15.9 Å². The lowest BCUT2D eigenvalue weighted by Gasteiger charge is -2.33. The van der Waals surface area contributed by atoms with E-state index in [0.717, 1.165) is 41.3 Å². The molecule has 1 nitrogen and oxygen atoms in total. The van der Waals surface area contributed by atoms with E-state index >= 15 is 0 Å². The zero-order valence-electron chi connectivity index (χ0n) is 13.2. The zero-order valence-corrected chi connectivity index (χ0v) is 14.8. The van der Waals surface area contributed by atoms with Crippen molar-refractivity contribution in [2.24, 2.45) is 11.8 Å². The molecule has 0 radical (unpaired) electrons. The minimum atomic E-state index is -0.139. The van der Waals surface area contributed by atoms with Gasteiger partial charge in [-0.05, 0) is 67.8 Å². The van der Waals surface area contributed by atoms with Gasteiger partial charge in [0.2, 0.25) is 0 Å². The molecular formula is C18H27BrFN. The molecule has 118 valence electrons. The Morgan fingerprint density at radius 2 is 2.00 bits per heavy atom. The number of hydrogen-bond acceptors (Lipinski definition) is 1. The molecule has 0 saturated heterocycles. The maximum atomic E-state index is 13.5. The molecule has 1 aromatic rings. The molecule has 0 heterocycles. The van der Waals surface area contributed by atoms with Crippen LogP contribution >= 0.6 is 15.9 Å². The van der Waals surface area contributed by atoms with Gasteiger partial charge in [-0.3, -0.25) is 0 Å². The van der Waals surface area contributed by atoms with Crippen LogP contribution < -0.4 is 5.32 Å². The third-order valence-corrected chi connectivity index (χ3v) is 5.51. The van der Waals surface area contributed by atoms with Crippen LogP contribution in [0.1, 0.15) is 51.5 Å². The molecule has 1 atom stereocenters. The molecule has 1 unspecified atom stereocenters. The molecule has 0 spiro atoms. The summed E-state index contributed by atoms with van der Waals surface area (Å²) < 4.78 is 14.5. The van der Waals surface area contributed by atoms with Crippen LogP contribution in [0.4, 0.5) is 4.39 Å². The lowest BCUT2D eigenvalue weighted by molar-refractivity contribution is 0.228. The van der Waals surface area contributed by atoms with Crippen LogP contribution in [0.2, 0.25) is 0 Å². The van der Waals surface area contributed by atoms with Crippen LogP contribution in [0, 0.1) is 17.7 Å². The number of rotatable bonds is 6. The van der Waals surface area contributed by atoms with Gasteiger partial charge in [-0.25, -0.2) is 4.39 Å². The summed E-state index contributed by atoms with van der Waals surface area (Å²) in [6, 6.07) is 5.49. The lowest BCUT2D eigenvalue weighted by atomic mass is 9.77. The first-order chi connectivity index (χ1) is 10.1. The van der Waals surface area contributed by atoms with E-state index < -0.39 is 0 Å². The van der Waals surface area contributed by atoms with Gasteiger partial charge in [-0.2, -0.15) is 0 Å². The highest BCUT2D eigenvalue weighted by atomic mass is 79.9. The number of hydrogen-bond donors (Lipinski definition) is 1. The van der Waals surface area contributed by atoms with Crippen molar-refractivity contribution in [2.75, 3.05) is 6.54 Å². The third kappa shape index (κ3) is 5.07. The first-order valence-electron chi connectivity index (χ1n) is 8.27. The Bertz CT molecular complexity index is 441. The smallest absolute Gasteiger partial charge is 0.123 e. The molecule has 3 heteroatoms. The zero-order chi connectivity index (χ0) is 15.2. The standard InChI is InChI=1S/C18H27BrFN/c1-3-10-21-18(14-6-4-13(2)5-7-14)12-15-11-16(20)8-9-17(15)19/h8-9,11,13-14,18,21H,3-7,10,12H2,1-2H3. The van der Waals surface area contributed by atoms with E-state index in [1.54, 1.807) is 6.07 Å². The van der Waals surface area contributed by atoms with Gasteiger partial charge >= 0.3 is 0 Å². The highest BCUT2D eigenvalue weighted by molar-refractivity contribution is 9.10. The molecule has 1 aromatic carbocycles. The Morgan fingerprint density at radius 1 is 1.29 bits per heavy atom. The predicted molar refractivity (Wildman–Crippen MR) is 91.0 cm³/mol. The fourth-order valence-corrected chi connectivity index (χ4v) is 3.77. The van der Waals surface area contributed by atoms with E-state index in [0.29, 0.717) is 6.04 Å². The van der Waals surface area contributed by atoms with E-state index in [9.17, 15) is 4.39 Å². The molecule has 1 saturated carbocycles. The summed E-state index contributed by atoms with van der Waals surface area (Å²) in [5.41, 5.74) is 1.09. The summed E-state index contributed by atoms with van der Waals surface area (Å²) in [7, 11) is 0. The van der Waals surface area contributed by atoms with Gasteiger partial charge < -0.3 is 5.32 Å². The third-order valence-electron chi connectivity index (χ3n) is 4.73. The highest BCUT2D eigenvalue weighted by Crippen LogP contribution is 2.32. The van der Waals surface area contributed by atoms with Crippen molar-refractivity contribution < 1.29 is 4.39 Å². The van der Waals surface area contributed by atoms with Crippen molar-refractivity contribution in [3.63, 3.8) is 0 Å². The summed E-state index contributed by atoms with van der Waals surface area (Å²) in [6.07, 6.45) is 7.32. The normalized spacial score (nSPS) is 24.0. The second-order valence-electron chi connectivity index (χ2n) is 6.52. The van der Waals surface area contributed by atoms with Crippen molar-refractivity contribution in [3.8, 4) is 0 Å². The van der Waals surface area contributed by atoms with Crippen molar-refractivity contribution in [1.82, 2.24) is 5.32 Å². The molecule has 0 aromatic heterocycles. The highest BCUT2D eigenvalue weighted by Gasteiger charge is 2.26. The molecular weight excluding hydrogens is 329 g/mol. The average Bonchev–Trinajstić information content (AvgIpc) is 2.48. The predicted octanol–water partition coefficient (Wildman–Crippen LogP) is 5.33. The van der Waals surface area contributed by atoms with Crippen LogP contribution in [-0.2, 0) is 6.42 Å². The van der Waals surface area contributed by atoms with E-state index in [2.05, 4.69) is 35.1 Å². The quantitative estimate of drug-likeness (QED) is 0.727. The SMILES string of the molecule is CCCNC(Cc1cc(F)ccc1Br)C1CCC(C)CC1. The van der Waals surface area contributed by atoms with Crippen molar-refractivity contribution in [1.29, 1.82) is 0 Å². The maximum Gasteiger partial charge on any atom is 0.123 e. The average molecular weight is 356 g/mol. The fourth-order valence-electron chi connectivity index (χ4n) is 3.36. The Morgan fingerprint density at radius 3 is 2.67 bits per heavy atom.